The lowest BCUT2D eigenvalue weighted by molar-refractivity contribution is -0.384. The minimum Gasteiger partial charge on any atom is -0.322 e. The van der Waals surface area contributed by atoms with Gasteiger partial charge in [0, 0.05) is 23.9 Å². The monoisotopic (exact) mass is 286 g/mol. The third-order valence-corrected chi connectivity index (χ3v) is 2.62. The molecule has 0 bridgehead atoms. The lowest BCUT2D eigenvalue weighted by atomic mass is 10.2. The van der Waals surface area contributed by atoms with Gasteiger partial charge >= 0.3 is 0 Å². The van der Waals surface area contributed by atoms with E-state index in [1.54, 1.807) is 6.07 Å². The smallest absolute Gasteiger partial charge is 0.271 e. The van der Waals surface area contributed by atoms with E-state index in [1.807, 2.05) is 0 Å². The van der Waals surface area contributed by atoms with Gasteiger partial charge in [0.15, 0.2) is 0 Å². The molecule has 0 unspecified atom stereocenters. The summed E-state index contributed by atoms with van der Waals surface area (Å²) in [5.41, 5.74) is 0.902. The van der Waals surface area contributed by atoms with E-state index in [1.165, 1.54) is 54.6 Å². The summed E-state index contributed by atoms with van der Waals surface area (Å²) in [5, 5.41) is 13.1. The number of nitrogens with one attached hydrogen (secondary N) is 1. The molecule has 2 rings (SSSR count). The maximum atomic E-state index is 12.7. The second kappa shape index (κ2) is 6.42. The van der Waals surface area contributed by atoms with E-state index < -0.39 is 10.8 Å². The molecule has 0 atom stereocenters. The summed E-state index contributed by atoms with van der Waals surface area (Å²) in [6.07, 6.45) is 2.79. The van der Waals surface area contributed by atoms with Gasteiger partial charge in [-0.3, -0.25) is 14.9 Å². The van der Waals surface area contributed by atoms with Crippen molar-refractivity contribution in [1.29, 1.82) is 0 Å². The largest absolute Gasteiger partial charge is 0.322 e. The standard InChI is InChI=1S/C15H11FN2O3/c16-12-7-4-11(5-8-12)6-9-15(19)17-13-2-1-3-14(10-13)18(20)21/h1-10H,(H,17,19)/b9-6+. The van der Waals surface area contributed by atoms with Crippen LogP contribution in [0.1, 0.15) is 5.56 Å². The molecule has 2 aromatic carbocycles. The Morgan fingerprint density at radius 3 is 2.57 bits per heavy atom. The number of anilines is 1. The molecule has 0 aliphatic heterocycles. The molecule has 0 fully saturated rings. The van der Waals surface area contributed by atoms with Crippen LogP contribution < -0.4 is 5.32 Å². The fourth-order valence-corrected chi connectivity index (χ4v) is 1.63. The lowest BCUT2D eigenvalue weighted by Gasteiger charge is -2.01. The first kappa shape index (κ1) is 14.4. The molecule has 1 amide bonds. The van der Waals surface area contributed by atoms with Crippen LogP contribution in [0.15, 0.2) is 54.6 Å². The summed E-state index contributed by atoms with van der Waals surface area (Å²) in [5.74, 6) is -0.784. The zero-order chi connectivity index (χ0) is 15.2. The summed E-state index contributed by atoms with van der Waals surface area (Å²) in [6.45, 7) is 0. The van der Waals surface area contributed by atoms with Crippen molar-refractivity contribution >= 4 is 23.4 Å². The molecule has 21 heavy (non-hydrogen) atoms. The number of halogens is 1. The molecule has 2 aromatic rings. The zero-order valence-corrected chi connectivity index (χ0v) is 10.8. The molecule has 0 spiro atoms. The molecule has 6 heteroatoms. The van der Waals surface area contributed by atoms with Gasteiger partial charge in [-0.15, -0.1) is 0 Å². The molecule has 0 aromatic heterocycles. The van der Waals surface area contributed by atoms with Crippen molar-refractivity contribution in [3.05, 3.63) is 76.1 Å². The normalized spacial score (nSPS) is 10.5. The van der Waals surface area contributed by atoms with Crippen LogP contribution in [0.4, 0.5) is 15.8 Å². The zero-order valence-electron chi connectivity index (χ0n) is 10.8. The van der Waals surface area contributed by atoms with Crippen molar-refractivity contribution in [3.63, 3.8) is 0 Å². The molecule has 0 radical (unpaired) electrons. The summed E-state index contributed by atoms with van der Waals surface area (Å²) in [4.78, 5) is 21.8. The van der Waals surface area contributed by atoms with Gasteiger partial charge in [0.1, 0.15) is 5.82 Å². The number of carbonyl (C=O) groups excluding carboxylic acids is 1. The van der Waals surface area contributed by atoms with Crippen LogP contribution >= 0.6 is 0 Å². The predicted octanol–water partition coefficient (Wildman–Crippen LogP) is 3.39. The Morgan fingerprint density at radius 2 is 1.90 bits per heavy atom. The van der Waals surface area contributed by atoms with E-state index in [2.05, 4.69) is 5.32 Å². The molecule has 0 aliphatic carbocycles. The van der Waals surface area contributed by atoms with Crippen molar-refractivity contribution in [2.45, 2.75) is 0 Å². The number of nitro benzene ring substituents is 1. The average molecular weight is 286 g/mol. The quantitative estimate of drug-likeness (QED) is 0.532. The van der Waals surface area contributed by atoms with Gasteiger partial charge in [0.05, 0.1) is 4.92 Å². The van der Waals surface area contributed by atoms with Gasteiger partial charge in [-0.2, -0.15) is 0 Å². The minimum absolute atomic E-state index is 0.102. The lowest BCUT2D eigenvalue weighted by Crippen LogP contribution is -2.07. The van der Waals surface area contributed by atoms with E-state index in [4.69, 9.17) is 0 Å². The van der Waals surface area contributed by atoms with Gasteiger partial charge in [0.25, 0.3) is 5.69 Å². The average Bonchev–Trinajstić information content (AvgIpc) is 2.47. The Labute approximate surface area is 119 Å². The van der Waals surface area contributed by atoms with Gasteiger partial charge in [-0.25, -0.2) is 4.39 Å². The first-order valence-corrected chi connectivity index (χ1v) is 6.04. The number of benzene rings is 2. The van der Waals surface area contributed by atoms with E-state index in [9.17, 15) is 19.3 Å². The maximum absolute atomic E-state index is 12.7. The highest BCUT2D eigenvalue weighted by atomic mass is 19.1. The summed E-state index contributed by atoms with van der Waals surface area (Å²) in [6, 6.07) is 11.3. The number of rotatable bonds is 4. The predicted molar refractivity (Wildman–Crippen MR) is 77.2 cm³/mol. The Balaban J connectivity index is 2.03. The summed E-state index contributed by atoms with van der Waals surface area (Å²) >= 11 is 0. The Morgan fingerprint density at radius 1 is 1.19 bits per heavy atom. The highest BCUT2D eigenvalue weighted by Gasteiger charge is 2.06. The Hall–Kier alpha value is -3.02. The Kier molecular flexibility index (Phi) is 4.40. The summed E-state index contributed by atoms with van der Waals surface area (Å²) < 4.78 is 12.7. The number of amides is 1. The van der Waals surface area contributed by atoms with Gasteiger partial charge in [-0.1, -0.05) is 18.2 Å². The molecular formula is C15H11FN2O3. The van der Waals surface area contributed by atoms with Crippen LogP contribution in [0.25, 0.3) is 6.08 Å². The molecule has 0 aliphatic rings. The van der Waals surface area contributed by atoms with Gasteiger partial charge < -0.3 is 5.32 Å². The molecule has 0 heterocycles. The van der Waals surface area contributed by atoms with Gasteiger partial charge in [0.2, 0.25) is 5.91 Å². The van der Waals surface area contributed by atoms with Crippen LogP contribution in [0, 0.1) is 15.9 Å². The van der Waals surface area contributed by atoms with E-state index in [-0.39, 0.29) is 11.5 Å². The second-order valence-corrected chi connectivity index (χ2v) is 4.18. The minimum atomic E-state index is -0.538. The number of hydrogen-bond acceptors (Lipinski definition) is 3. The number of non-ortho nitro benzene ring substituents is 1. The van der Waals surface area contributed by atoms with Crippen LogP contribution in [-0.4, -0.2) is 10.8 Å². The number of nitro groups is 1. The fourth-order valence-electron chi connectivity index (χ4n) is 1.63. The van der Waals surface area contributed by atoms with Crippen LogP contribution in [0.2, 0.25) is 0 Å². The van der Waals surface area contributed by atoms with Crippen molar-refractivity contribution in [2.24, 2.45) is 0 Å². The third-order valence-electron chi connectivity index (χ3n) is 2.62. The van der Waals surface area contributed by atoms with Crippen molar-refractivity contribution in [1.82, 2.24) is 0 Å². The van der Waals surface area contributed by atoms with Gasteiger partial charge in [-0.05, 0) is 29.8 Å². The topological polar surface area (TPSA) is 72.2 Å². The van der Waals surface area contributed by atoms with E-state index in [0.29, 0.717) is 11.3 Å². The molecule has 0 saturated heterocycles. The SMILES string of the molecule is O=C(/C=C/c1ccc(F)cc1)Nc1cccc([N+](=O)[O-])c1. The highest BCUT2D eigenvalue weighted by molar-refractivity contribution is 6.02. The van der Waals surface area contributed by atoms with Crippen LogP contribution in [0.5, 0.6) is 0 Å². The van der Waals surface area contributed by atoms with Crippen molar-refractivity contribution in [3.8, 4) is 0 Å². The third kappa shape index (κ3) is 4.24. The molecule has 106 valence electrons. The van der Waals surface area contributed by atoms with E-state index >= 15 is 0 Å². The van der Waals surface area contributed by atoms with Crippen LogP contribution in [-0.2, 0) is 4.79 Å². The number of hydrogen-bond donors (Lipinski definition) is 1. The first-order chi connectivity index (χ1) is 10.0. The summed E-state index contributed by atoms with van der Waals surface area (Å²) in [7, 11) is 0. The van der Waals surface area contributed by atoms with Crippen molar-refractivity contribution in [2.75, 3.05) is 5.32 Å². The Bertz CT molecular complexity index is 696. The first-order valence-electron chi connectivity index (χ1n) is 6.04. The number of nitrogens with zero attached hydrogens (tertiary/aromatic N) is 1. The maximum Gasteiger partial charge on any atom is 0.271 e. The molecule has 5 nitrogen and oxygen atoms in total. The molecule has 1 N–H and O–H groups in total. The fraction of sp³-hybridized carbons (Fsp3) is 0. The second-order valence-electron chi connectivity index (χ2n) is 4.18. The van der Waals surface area contributed by atoms with Crippen molar-refractivity contribution < 1.29 is 14.1 Å². The van der Waals surface area contributed by atoms with Crippen LogP contribution in [0.3, 0.4) is 0 Å². The van der Waals surface area contributed by atoms with E-state index in [0.717, 1.165) is 0 Å². The molecule has 0 saturated carbocycles. The highest BCUT2D eigenvalue weighted by Crippen LogP contribution is 2.17. The number of carbonyl (C=O) groups is 1. The molecular weight excluding hydrogens is 275 g/mol.